The van der Waals surface area contributed by atoms with Crippen LogP contribution in [-0.2, 0) is 4.79 Å². The van der Waals surface area contributed by atoms with E-state index in [2.05, 4.69) is 50.5 Å². The largest absolute Gasteiger partial charge is 0.320 e. The molecule has 16 heavy (non-hydrogen) atoms. The highest BCUT2D eigenvalue weighted by Gasteiger charge is 2.11. The number of amides is 1. The highest BCUT2D eigenvalue weighted by molar-refractivity contribution is 14.2. The van der Waals surface area contributed by atoms with Gasteiger partial charge in [-0.2, -0.15) is 0 Å². The van der Waals surface area contributed by atoms with E-state index < -0.39 is 0 Å². The molecule has 0 bridgehead atoms. The van der Waals surface area contributed by atoms with E-state index in [0.717, 1.165) is 1.59 Å². The van der Waals surface area contributed by atoms with Crippen molar-refractivity contribution in [2.24, 2.45) is 0 Å². The minimum absolute atomic E-state index is 0.177. The lowest BCUT2D eigenvalue weighted by molar-refractivity contribution is -0.112. The van der Waals surface area contributed by atoms with Crippen molar-refractivity contribution in [3.05, 3.63) is 33.4 Å². The summed E-state index contributed by atoms with van der Waals surface area (Å²) >= 11 is 17.8. The Kier molecular flexibility index (Phi) is 6.63. The first-order valence-corrected chi connectivity index (χ1v) is 7.88. The molecular formula is C9H4Cl2I3NO. The minimum Gasteiger partial charge on any atom is -0.320 e. The maximum Gasteiger partial charge on any atom is 0.263 e. The van der Waals surface area contributed by atoms with Crippen molar-refractivity contribution in [3.8, 4) is 0 Å². The van der Waals surface area contributed by atoms with Gasteiger partial charge in [-0.15, -0.1) is 0 Å². The van der Waals surface area contributed by atoms with Crippen molar-refractivity contribution in [3.63, 3.8) is 0 Å². The van der Waals surface area contributed by atoms with Crippen LogP contribution in [0.1, 0.15) is 0 Å². The number of rotatable bonds is 2. The van der Waals surface area contributed by atoms with Gasteiger partial charge in [0.1, 0.15) is 0 Å². The van der Waals surface area contributed by atoms with Crippen LogP contribution >= 0.6 is 91.0 Å². The van der Waals surface area contributed by atoms with Gasteiger partial charge in [0, 0.05) is 5.02 Å². The van der Waals surface area contributed by atoms with Gasteiger partial charge in [-0.05, 0) is 86.0 Å². The highest BCUT2D eigenvalue weighted by Crippen LogP contribution is 2.29. The molecule has 0 atom stereocenters. The highest BCUT2D eigenvalue weighted by atomic mass is 127. The van der Waals surface area contributed by atoms with Crippen molar-refractivity contribution >= 4 is 103 Å². The SMILES string of the molecule is O=C(Nc1ccc(Cl)cc1Cl)C(I)=C(I)I. The van der Waals surface area contributed by atoms with Crippen LogP contribution in [0.5, 0.6) is 0 Å². The Hall–Kier alpha value is 1.20. The Morgan fingerprint density at radius 3 is 2.31 bits per heavy atom. The molecule has 0 aliphatic rings. The van der Waals surface area contributed by atoms with Crippen molar-refractivity contribution in [2.45, 2.75) is 0 Å². The fourth-order valence-electron chi connectivity index (χ4n) is 0.854. The normalized spacial score (nSPS) is 9.81. The summed E-state index contributed by atoms with van der Waals surface area (Å²) in [5.74, 6) is -0.177. The topological polar surface area (TPSA) is 29.1 Å². The van der Waals surface area contributed by atoms with E-state index in [0.29, 0.717) is 19.3 Å². The lowest BCUT2D eigenvalue weighted by Crippen LogP contribution is -2.11. The second-order valence-corrected chi connectivity index (χ2v) is 8.80. The molecule has 0 radical (unpaired) electrons. The van der Waals surface area contributed by atoms with Gasteiger partial charge < -0.3 is 5.32 Å². The predicted molar refractivity (Wildman–Crippen MR) is 94.2 cm³/mol. The summed E-state index contributed by atoms with van der Waals surface area (Å²) in [6.07, 6.45) is 0. The molecule has 0 unspecified atom stereocenters. The number of benzene rings is 1. The first kappa shape index (κ1) is 15.3. The van der Waals surface area contributed by atoms with Crippen molar-refractivity contribution in [1.82, 2.24) is 0 Å². The second kappa shape index (κ2) is 6.95. The first-order valence-electron chi connectivity index (χ1n) is 3.89. The molecule has 1 rings (SSSR count). The summed E-state index contributed by atoms with van der Waals surface area (Å²) in [6.45, 7) is 0. The van der Waals surface area contributed by atoms with Gasteiger partial charge in [-0.3, -0.25) is 4.79 Å². The van der Waals surface area contributed by atoms with E-state index in [1.54, 1.807) is 18.2 Å². The van der Waals surface area contributed by atoms with Crippen LogP contribution < -0.4 is 5.32 Å². The van der Waals surface area contributed by atoms with Gasteiger partial charge in [0.15, 0.2) is 0 Å². The molecule has 0 aromatic heterocycles. The predicted octanol–water partition coefficient (Wildman–Crippen LogP) is 5.41. The summed E-state index contributed by atoms with van der Waals surface area (Å²) < 4.78 is 1.53. The molecule has 1 aromatic carbocycles. The molecule has 1 N–H and O–H groups in total. The maximum absolute atomic E-state index is 11.7. The summed E-state index contributed by atoms with van der Waals surface area (Å²) in [5.41, 5.74) is 0.555. The van der Waals surface area contributed by atoms with Gasteiger partial charge in [-0.1, -0.05) is 23.2 Å². The second-order valence-electron chi connectivity index (χ2n) is 2.65. The Morgan fingerprint density at radius 1 is 1.19 bits per heavy atom. The number of anilines is 1. The number of halogens is 5. The number of hydrogen-bond acceptors (Lipinski definition) is 1. The van der Waals surface area contributed by atoms with Gasteiger partial charge >= 0.3 is 0 Å². The molecule has 0 saturated heterocycles. The zero-order valence-corrected chi connectivity index (χ0v) is 15.5. The number of hydrogen-bond donors (Lipinski definition) is 1. The zero-order valence-electron chi connectivity index (χ0n) is 7.53. The van der Waals surface area contributed by atoms with E-state index in [4.69, 9.17) is 23.2 Å². The van der Waals surface area contributed by atoms with Gasteiger partial charge in [0.25, 0.3) is 5.91 Å². The number of carbonyl (C=O) groups is 1. The Labute approximate surface area is 144 Å². The van der Waals surface area contributed by atoms with Crippen molar-refractivity contribution < 1.29 is 4.79 Å². The number of nitrogens with one attached hydrogen (secondary N) is 1. The van der Waals surface area contributed by atoms with Crippen LogP contribution in [0.2, 0.25) is 10.0 Å². The third-order valence-electron chi connectivity index (χ3n) is 1.54. The lowest BCUT2D eigenvalue weighted by Gasteiger charge is -2.07. The molecule has 0 aliphatic carbocycles. The molecule has 0 fully saturated rings. The molecule has 0 aliphatic heterocycles. The van der Waals surface area contributed by atoms with E-state index in [-0.39, 0.29) is 5.91 Å². The molecule has 1 amide bonds. The Morgan fingerprint density at radius 2 is 1.81 bits per heavy atom. The van der Waals surface area contributed by atoms with Crippen molar-refractivity contribution in [1.29, 1.82) is 0 Å². The fraction of sp³-hybridized carbons (Fsp3) is 0. The van der Waals surface area contributed by atoms with Crippen LogP contribution in [0.15, 0.2) is 23.4 Å². The molecule has 86 valence electrons. The summed E-state index contributed by atoms with van der Waals surface area (Å²) in [7, 11) is 0. The van der Waals surface area contributed by atoms with Gasteiger partial charge in [0.2, 0.25) is 0 Å². The quantitative estimate of drug-likeness (QED) is 0.361. The first-order chi connectivity index (χ1) is 7.41. The van der Waals surface area contributed by atoms with Crippen molar-refractivity contribution in [2.75, 3.05) is 5.32 Å². The monoisotopic (exact) mass is 593 g/mol. The van der Waals surface area contributed by atoms with Crippen LogP contribution in [0, 0.1) is 0 Å². The maximum atomic E-state index is 11.7. The average Bonchev–Trinajstić information content (AvgIpc) is 2.20. The fourth-order valence-corrected chi connectivity index (χ4v) is 1.93. The standard InChI is InChI=1S/C9H4Cl2I3NO/c10-4-1-2-6(5(11)3-4)15-9(16)7(12)8(13)14/h1-3H,(H,15,16). The third kappa shape index (κ3) is 4.46. The molecular weight excluding hydrogens is 590 g/mol. The summed E-state index contributed by atoms with van der Waals surface area (Å²) in [6, 6.07) is 4.94. The average molecular weight is 594 g/mol. The Balaban J connectivity index is 2.90. The van der Waals surface area contributed by atoms with Crippen LogP contribution in [-0.4, -0.2) is 5.91 Å². The molecule has 0 heterocycles. The molecule has 2 nitrogen and oxygen atoms in total. The summed E-state index contributed by atoms with van der Waals surface area (Å²) in [5, 5.41) is 3.68. The van der Waals surface area contributed by atoms with E-state index >= 15 is 0 Å². The zero-order chi connectivity index (χ0) is 12.3. The smallest absolute Gasteiger partial charge is 0.263 e. The third-order valence-corrected chi connectivity index (χ3v) is 6.26. The molecule has 0 spiro atoms. The van der Waals surface area contributed by atoms with E-state index in [9.17, 15) is 4.79 Å². The molecule has 0 saturated carbocycles. The molecule has 7 heteroatoms. The van der Waals surface area contributed by atoms with Crippen LogP contribution in [0.3, 0.4) is 0 Å². The Bertz CT molecular complexity index is 458. The lowest BCUT2D eigenvalue weighted by atomic mass is 10.3. The van der Waals surface area contributed by atoms with E-state index in [1.807, 2.05) is 22.6 Å². The van der Waals surface area contributed by atoms with Gasteiger partial charge in [0.05, 0.1) is 15.9 Å². The number of carbonyl (C=O) groups excluding carboxylic acids is 1. The van der Waals surface area contributed by atoms with E-state index in [1.165, 1.54) is 0 Å². The van der Waals surface area contributed by atoms with Crippen LogP contribution in [0.4, 0.5) is 5.69 Å². The summed E-state index contributed by atoms with van der Waals surface area (Å²) in [4.78, 5) is 11.7. The minimum atomic E-state index is -0.177. The van der Waals surface area contributed by atoms with Crippen LogP contribution in [0.25, 0.3) is 0 Å². The molecule has 1 aromatic rings. The van der Waals surface area contributed by atoms with Gasteiger partial charge in [-0.25, -0.2) is 0 Å².